The summed E-state index contributed by atoms with van der Waals surface area (Å²) in [5.41, 5.74) is 8.48. The molecule has 0 amide bonds. The first-order valence-electron chi connectivity index (χ1n) is 5.63. The number of benzene rings is 1. The molecule has 2 aromatic rings. The van der Waals surface area contributed by atoms with Crippen LogP contribution in [0.25, 0.3) is 0 Å². The standard InChI is InChI=1S/C13H17N3/c1-2-11-9-15-13(16-11)12(14)8-10-6-4-3-5-7-10/h3-7,9,12H,2,8,14H2,1H3,(H,15,16). The molecule has 1 aromatic heterocycles. The van der Waals surface area contributed by atoms with Crippen molar-refractivity contribution < 1.29 is 0 Å². The number of nitrogens with two attached hydrogens (primary N) is 1. The molecule has 1 aromatic carbocycles. The molecule has 3 heteroatoms. The lowest BCUT2D eigenvalue weighted by Crippen LogP contribution is -2.15. The number of hydrogen-bond acceptors (Lipinski definition) is 2. The lowest BCUT2D eigenvalue weighted by molar-refractivity contribution is 0.675. The van der Waals surface area contributed by atoms with E-state index in [4.69, 9.17) is 5.73 Å². The molecule has 84 valence electrons. The van der Waals surface area contributed by atoms with Crippen LogP contribution in [-0.2, 0) is 12.8 Å². The number of H-pyrrole nitrogens is 1. The first kappa shape index (κ1) is 10.9. The average molecular weight is 215 g/mol. The summed E-state index contributed by atoms with van der Waals surface area (Å²) < 4.78 is 0. The van der Waals surface area contributed by atoms with Gasteiger partial charge in [0.05, 0.1) is 6.04 Å². The van der Waals surface area contributed by atoms with Crippen molar-refractivity contribution in [2.75, 3.05) is 0 Å². The molecular formula is C13H17N3. The van der Waals surface area contributed by atoms with Crippen LogP contribution >= 0.6 is 0 Å². The fourth-order valence-corrected chi connectivity index (χ4v) is 1.71. The zero-order valence-corrected chi connectivity index (χ0v) is 9.48. The fraction of sp³-hybridized carbons (Fsp3) is 0.308. The van der Waals surface area contributed by atoms with E-state index in [0.717, 1.165) is 24.4 Å². The van der Waals surface area contributed by atoms with Crippen LogP contribution < -0.4 is 5.73 Å². The Labute approximate surface area is 95.7 Å². The van der Waals surface area contributed by atoms with Crippen LogP contribution in [0.5, 0.6) is 0 Å². The predicted octanol–water partition coefficient (Wildman–Crippen LogP) is 2.21. The molecule has 0 spiro atoms. The highest BCUT2D eigenvalue weighted by Crippen LogP contribution is 2.13. The molecule has 3 N–H and O–H groups in total. The van der Waals surface area contributed by atoms with Crippen molar-refractivity contribution >= 4 is 0 Å². The number of rotatable bonds is 4. The van der Waals surface area contributed by atoms with Gasteiger partial charge in [-0.25, -0.2) is 4.98 Å². The maximum atomic E-state index is 6.10. The SMILES string of the molecule is CCc1cnc(C(N)Cc2ccccc2)[nH]1. The molecule has 1 unspecified atom stereocenters. The highest BCUT2D eigenvalue weighted by molar-refractivity contribution is 5.17. The van der Waals surface area contributed by atoms with E-state index in [9.17, 15) is 0 Å². The molecule has 0 aliphatic carbocycles. The fourth-order valence-electron chi connectivity index (χ4n) is 1.71. The Hall–Kier alpha value is -1.61. The molecule has 1 heterocycles. The van der Waals surface area contributed by atoms with Crippen LogP contribution in [0.15, 0.2) is 36.5 Å². The molecular weight excluding hydrogens is 198 g/mol. The molecule has 0 aliphatic heterocycles. The van der Waals surface area contributed by atoms with Crippen molar-refractivity contribution in [3.63, 3.8) is 0 Å². The Bertz CT molecular complexity index is 433. The van der Waals surface area contributed by atoms with E-state index in [0.29, 0.717) is 0 Å². The summed E-state index contributed by atoms with van der Waals surface area (Å²) in [5, 5.41) is 0. The highest BCUT2D eigenvalue weighted by atomic mass is 15.0. The van der Waals surface area contributed by atoms with Crippen LogP contribution in [0.1, 0.15) is 30.0 Å². The Morgan fingerprint density at radius 2 is 2.06 bits per heavy atom. The molecule has 3 nitrogen and oxygen atoms in total. The molecule has 1 atom stereocenters. The van der Waals surface area contributed by atoms with Gasteiger partial charge in [-0.2, -0.15) is 0 Å². The summed E-state index contributed by atoms with van der Waals surface area (Å²) in [4.78, 5) is 7.55. The maximum Gasteiger partial charge on any atom is 0.123 e. The summed E-state index contributed by atoms with van der Waals surface area (Å²) in [5.74, 6) is 0.876. The first-order valence-corrected chi connectivity index (χ1v) is 5.63. The van der Waals surface area contributed by atoms with Gasteiger partial charge in [0.15, 0.2) is 0 Å². The van der Waals surface area contributed by atoms with Crippen LogP contribution in [-0.4, -0.2) is 9.97 Å². The zero-order valence-electron chi connectivity index (χ0n) is 9.48. The van der Waals surface area contributed by atoms with E-state index in [1.165, 1.54) is 5.56 Å². The quantitative estimate of drug-likeness (QED) is 0.821. The number of imidazole rings is 1. The van der Waals surface area contributed by atoms with Crippen LogP contribution in [0.4, 0.5) is 0 Å². The highest BCUT2D eigenvalue weighted by Gasteiger charge is 2.10. The molecule has 0 saturated heterocycles. The van der Waals surface area contributed by atoms with Gasteiger partial charge in [-0.3, -0.25) is 0 Å². The molecule has 0 aliphatic rings. The van der Waals surface area contributed by atoms with Gasteiger partial charge in [-0.05, 0) is 18.4 Å². The third kappa shape index (κ3) is 2.49. The van der Waals surface area contributed by atoms with Crippen molar-refractivity contribution in [1.29, 1.82) is 0 Å². The van der Waals surface area contributed by atoms with Crippen molar-refractivity contribution in [3.8, 4) is 0 Å². The van der Waals surface area contributed by atoms with Crippen LogP contribution in [0.2, 0.25) is 0 Å². The molecule has 0 fully saturated rings. The normalized spacial score (nSPS) is 12.6. The summed E-state index contributed by atoms with van der Waals surface area (Å²) in [6, 6.07) is 10.2. The minimum absolute atomic E-state index is 0.0531. The minimum Gasteiger partial charge on any atom is -0.345 e. The van der Waals surface area contributed by atoms with Crippen LogP contribution in [0, 0.1) is 0 Å². The van der Waals surface area contributed by atoms with Crippen LogP contribution in [0.3, 0.4) is 0 Å². The molecule has 2 rings (SSSR count). The number of hydrogen-bond donors (Lipinski definition) is 2. The molecule has 16 heavy (non-hydrogen) atoms. The Morgan fingerprint density at radius 3 is 2.69 bits per heavy atom. The summed E-state index contributed by atoms with van der Waals surface area (Å²) in [6.45, 7) is 2.10. The lowest BCUT2D eigenvalue weighted by atomic mass is 10.1. The largest absolute Gasteiger partial charge is 0.345 e. The number of nitrogens with one attached hydrogen (secondary N) is 1. The second-order valence-corrected chi connectivity index (χ2v) is 3.94. The van der Waals surface area contributed by atoms with E-state index >= 15 is 0 Å². The van der Waals surface area contributed by atoms with E-state index in [1.807, 2.05) is 24.4 Å². The average Bonchev–Trinajstić information content (AvgIpc) is 2.79. The van der Waals surface area contributed by atoms with E-state index in [2.05, 4.69) is 29.0 Å². The Morgan fingerprint density at radius 1 is 1.31 bits per heavy atom. The van der Waals surface area contributed by atoms with E-state index < -0.39 is 0 Å². The van der Waals surface area contributed by atoms with Gasteiger partial charge in [-0.1, -0.05) is 37.3 Å². The minimum atomic E-state index is -0.0531. The zero-order chi connectivity index (χ0) is 11.4. The van der Waals surface area contributed by atoms with Gasteiger partial charge in [0.1, 0.15) is 5.82 Å². The Balaban J connectivity index is 2.05. The third-order valence-electron chi connectivity index (χ3n) is 2.68. The van der Waals surface area contributed by atoms with Crippen molar-refractivity contribution in [3.05, 3.63) is 53.6 Å². The van der Waals surface area contributed by atoms with Gasteiger partial charge in [0.25, 0.3) is 0 Å². The number of aryl methyl sites for hydroxylation is 1. The topological polar surface area (TPSA) is 54.7 Å². The molecule has 0 radical (unpaired) electrons. The smallest absolute Gasteiger partial charge is 0.123 e. The molecule has 0 saturated carbocycles. The number of aromatic amines is 1. The number of nitrogens with zero attached hydrogens (tertiary/aromatic N) is 1. The maximum absolute atomic E-state index is 6.10. The second-order valence-electron chi connectivity index (χ2n) is 3.94. The van der Waals surface area contributed by atoms with E-state index in [-0.39, 0.29) is 6.04 Å². The van der Waals surface area contributed by atoms with Gasteiger partial charge in [0, 0.05) is 11.9 Å². The number of aromatic nitrogens is 2. The lowest BCUT2D eigenvalue weighted by Gasteiger charge is -2.08. The van der Waals surface area contributed by atoms with Gasteiger partial charge in [-0.15, -0.1) is 0 Å². The van der Waals surface area contributed by atoms with Crippen molar-refractivity contribution in [2.45, 2.75) is 25.8 Å². The van der Waals surface area contributed by atoms with Crippen molar-refractivity contribution in [2.24, 2.45) is 5.73 Å². The first-order chi connectivity index (χ1) is 7.79. The monoisotopic (exact) mass is 215 g/mol. The van der Waals surface area contributed by atoms with Gasteiger partial charge >= 0.3 is 0 Å². The van der Waals surface area contributed by atoms with Crippen molar-refractivity contribution in [1.82, 2.24) is 9.97 Å². The molecule has 0 bridgehead atoms. The van der Waals surface area contributed by atoms with Gasteiger partial charge in [0.2, 0.25) is 0 Å². The third-order valence-corrected chi connectivity index (χ3v) is 2.68. The van der Waals surface area contributed by atoms with E-state index in [1.54, 1.807) is 0 Å². The van der Waals surface area contributed by atoms with Gasteiger partial charge < -0.3 is 10.7 Å². The summed E-state index contributed by atoms with van der Waals surface area (Å²) >= 11 is 0. The summed E-state index contributed by atoms with van der Waals surface area (Å²) in [7, 11) is 0. The summed E-state index contributed by atoms with van der Waals surface area (Å²) in [6.07, 6.45) is 3.64. The predicted molar refractivity (Wildman–Crippen MR) is 65.0 cm³/mol. The second kappa shape index (κ2) is 4.94. The Kier molecular flexibility index (Phi) is 3.37.